The van der Waals surface area contributed by atoms with Crippen molar-refractivity contribution in [3.05, 3.63) is 35.7 Å². The number of aliphatic carboxylic acids is 1. The quantitative estimate of drug-likeness (QED) is 0.547. The molecule has 3 rings (SSSR count). The van der Waals surface area contributed by atoms with Crippen molar-refractivity contribution >= 4 is 11.8 Å². The van der Waals surface area contributed by atoms with Crippen LogP contribution in [0.15, 0.2) is 18.3 Å². The number of carboxylic acid groups (broad SMARTS) is 1. The number of carbonyl (C=O) groups is 1. The number of hydrogen-bond donors (Lipinski definition) is 1. The van der Waals surface area contributed by atoms with E-state index in [0.717, 1.165) is 25.0 Å². The molecule has 32 heavy (non-hydrogen) atoms. The Bertz CT molecular complexity index is 910. The number of carboxylic acids is 1. The summed E-state index contributed by atoms with van der Waals surface area (Å²) in [5.41, 5.74) is 1.41. The molecule has 0 unspecified atom stereocenters. The van der Waals surface area contributed by atoms with E-state index < -0.39 is 29.3 Å². The minimum absolute atomic E-state index is 0.0272. The van der Waals surface area contributed by atoms with Crippen molar-refractivity contribution in [1.82, 2.24) is 9.97 Å². The summed E-state index contributed by atoms with van der Waals surface area (Å²) in [5, 5.41) is 9.28. The van der Waals surface area contributed by atoms with Crippen LogP contribution in [-0.4, -0.2) is 54.5 Å². The van der Waals surface area contributed by atoms with Gasteiger partial charge in [-0.25, -0.2) is 13.8 Å². The Morgan fingerprint density at radius 3 is 2.50 bits per heavy atom. The van der Waals surface area contributed by atoms with Crippen molar-refractivity contribution in [2.24, 2.45) is 5.92 Å². The fourth-order valence-corrected chi connectivity index (χ4v) is 3.72. The summed E-state index contributed by atoms with van der Waals surface area (Å²) in [7, 11) is 1.48. The van der Waals surface area contributed by atoms with Gasteiger partial charge in [-0.15, -0.1) is 0 Å². The normalized spacial score (nSPS) is 14.6. The zero-order chi connectivity index (χ0) is 23.1. The number of unbranched alkanes of at least 4 members (excludes halogenated alkanes) is 1. The van der Waals surface area contributed by atoms with Crippen LogP contribution in [0.2, 0.25) is 0 Å². The molecule has 1 aromatic heterocycles. The third-order valence-electron chi connectivity index (χ3n) is 5.54. The van der Waals surface area contributed by atoms with Gasteiger partial charge in [0.05, 0.1) is 18.2 Å². The maximum atomic E-state index is 14.7. The minimum Gasteiger partial charge on any atom is -0.485 e. The van der Waals surface area contributed by atoms with Crippen molar-refractivity contribution in [2.75, 3.05) is 38.3 Å². The van der Waals surface area contributed by atoms with Crippen LogP contribution in [0.5, 0.6) is 5.75 Å². The van der Waals surface area contributed by atoms with E-state index in [1.165, 1.54) is 19.2 Å². The zero-order valence-corrected chi connectivity index (χ0v) is 18.4. The Kier molecular flexibility index (Phi) is 8.33. The topological polar surface area (TPSA) is 84.8 Å². The number of anilines is 1. The molecule has 1 aliphatic rings. The van der Waals surface area contributed by atoms with E-state index in [-0.39, 0.29) is 18.8 Å². The molecule has 0 spiro atoms. The van der Waals surface area contributed by atoms with Gasteiger partial charge in [-0.3, -0.25) is 9.78 Å². The van der Waals surface area contributed by atoms with Crippen molar-refractivity contribution in [2.45, 2.75) is 39.0 Å². The maximum Gasteiger partial charge on any atom is 0.306 e. The number of hydrogen-bond acceptors (Lipinski definition) is 6. The molecule has 0 atom stereocenters. The largest absolute Gasteiger partial charge is 0.485 e. The molecule has 1 aromatic carbocycles. The van der Waals surface area contributed by atoms with Gasteiger partial charge in [0.15, 0.2) is 23.2 Å². The predicted molar refractivity (Wildman–Crippen MR) is 116 cm³/mol. The predicted octanol–water partition coefficient (Wildman–Crippen LogP) is 4.09. The van der Waals surface area contributed by atoms with Crippen molar-refractivity contribution < 1.29 is 28.2 Å². The van der Waals surface area contributed by atoms with Crippen LogP contribution >= 0.6 is 0 Å². The second kappa shape index (κ2) is 11.2. The van der Waals surface area contributed by atoms with E-state index in [1.807, 2.05) is 4.90 Å². The van der Waals surface area contributed by atoms with E-state index >= 15 is 0 Å². The lowest BCUT2D eigenvalue weighted by atomic mass is 9.97. The van der Waals surface area contributed by atoms with E-state index in [4.69, 9.17) is 14.5 Å². The van der Waals surface area contributed by atoms with E-state index in [2.05, 4.69) is 11.9 Å². The lowest BCUT2D eigenvalue weighted by molar-refractivity contribution is -0.142. The SMILES string of the molecule is CCCCc1cnc(-c2cc(F)c(OCCOC)c(F)c2)c(N2CCC(C(=O)O)CC2)n1. The minimum atomic E-state index is -0.830. The molecular weight excluding hydrogens is 420 g/mol. The number of rotatable bonds is 10. The highest BCUT2D eigenvalue weighted by molar-refractivity contribution is 5.74. The molecule has 0 saturated carbocycles. The van der Waals surface area contributed by atoms with Gasteiger partial charge in [0, 0.05) is 32.0 Å². The number of aryl methyl sites for hydroxylation is 1. The summed E-state index contributed by atoms with van der Waals surface area (Å²) in [6, 6.07) is 2.38. The first-order valence-electron chi connectivity index (χ1n) is 10.9. The Morgan fingerprint density at radius 1 is 1.22 bits per heavy atom. The smallest absolute Gasteiger partial charge is 0.306 e. The zero-order valence-electron chi connectivity index (χ0n) is 18.4. The lowest BCUT2D eigenvalue weighted by Crippen LogP contribution is -2.37. The van der Waals surface area contributed by atoms with Crippen LogP contribution in [0.25, 0.3) is 11.3 Å². The van der Waals surface area contributed by atoms with Gasteiger partial charge in [0.25, 0.3) is 0 Å². The number of aromatic nitrogens is 2. The summed E-state index contributed by atoms with van der Waals surface area (Å²) in [5.74, 6) is -2.80. The number of halogens is 2. The van der Waals surface area contributed by atoms with Crippen LogP contribution in [0.3, 0.4) is 0 Å². The van der Waals surface area contributed by atoms with Crippen LogP contribution in [-0.2, 0) is 16.0 Å². The molecule has 0 radical (unpaired) electrons. The molecule has 0 bridgehead atoms. The van der Waals surface area contributed by atoms with Crippen LogP contribution in [0, 0.1) is 17.6 Å². The number of piperidine rings is 1. The fourth-order valence-electron chi connectivity index (χ4n) is 3.72. The summed E-state index contributed by atoms with van der Waals surface area (Å²) >= 11 is 0. The van der Waals surface area contributed by atoms with Gasteiger partial charge >= 0.3 is 5.97 Å². The van der Waals surface area contributed by atoms with Gasteiger partial charge in [0.1, 0.15) is 12.3 Å². The monoisotopic (exact) mass is 449 g/mol. The van der Waals surface area contributed by atoms with E-state index in [0.29, 0.717) is 37.4 Å². The number of methoxy groups -OCH3 is 1. The van der Waals surface area contributed by atoms with Gasteiger partial charge in [-0.05, 0) is 37.8 Å². The molecule has 1 N–H and O–H groups in total. The first kappa shape index (κ1) is 23.8. The number of benzene rings is 1. The highest BCUT2D eigenvalue weighted by Gasteiger charge is 2.28. The molecule has 1 fully saturated rings. The Morgan fingerprint density at radius 2 is 1.91 bits per heavy atom. The first-order valence-corrected chi connectivity index (χ1v) is 10.9. The van der Waals surface area contributed by atoms with Crippen molar-refractivity contribution in [3.63, 3.8) is 0 Å². The van der Waals surface area contributed by atoms with E-state index in [9.17, 15) is 18.7 Å². The molecule has 2 aromatic rings. The Hall–Kier alpha value is -2.81. The highest BCUT2D eigenvalue weighted by atomic mass is 19.1. The van der Waals surface area contributed by atoms with Crippen molar-refractivity contribution in [3.8, 4) is 17.0 Å². The summed E-state index contributed by atoms with van der Waals surface area (Å²) in [6.07, 6.45) is 5.29. The third kappa shape index (κ3) is 5.70. The second-order valence-electron chi connectivity index (χ2n) is 7.85. The molecule has 1 aliphatic heterocycles. The highest BCUT2D eigenvalue weighted by Crippen LogP contribution is 2.34. The first-order chi connectivity index (χ1) is 15.4. The average molecular weight is 449 g/mol. The Labute approximate surface area is 186 Å². The van der Waals surface area contributed by atoms with E-state index in [1.54, 1.807) is 6.20 Å². The standard InChI is InChI=1S/C23H29F2N3O4/c1-3-4-5-17-14-26-20(22(27-17)28-8-6-15(7-9-28)23(29)30)16-12-18(24)21(19(25)13-16)32-11-10-31-2/h12-15H,3-11H2,1-2H3,(H,29,30). The molecule has 7 nitrogen and oxygen atoms in total. The molecule has 1 saturated heterocycles. The van der Waals surface area contributed by atoms with Crippen LogP contribution < -0.4 is 9.64 Å². The fraction of sp³-hybridized carbons (Fsp3) is 0.522. The molecule has 2 heterocycles. The average Bonchev–Trinajstić information content (AvgIpc) is 2.79. The van der Waals surface area contributed by atoms with Gasteiger partial charge in [-0.2, -0.15) is 0 Å². The summed E-state index contributed by atoms with van der Waals surface area (Å²) in [4.78, 5) is 22.5. The number of nitrogens with zero attached hydrogens (tertiary/aromatic N) is 3. The molecule has 9 heteroatoms. The molecule has 174 valence electrons. The van der Waals surface area contributed by atoms with Crippen LogP contribution in [0.1, 0.15) is 38.3 Å². The summed E-state index contributed by atoms with van der Waals surface area (Å²) in [6.45, 7) is 3.29. The molecule has 0 amide bonds. The van der Waals surface area contributed by atoms with Crippen molar-refractivity contribution in [1.29, 1.82) is 0 Å². The van der Waals surface area contributed by atoms with Gasteiger partial charge in [0.2, 0.25) is 0 Å². The van der Waals surface area contributed by atoms with Crippen LogP contribution in [0.4, 0.5) is 14.6 Å². The third-order valence-corrected chi connectivity index (χ3v) is 5.54. The number of ether oxygens (including phenoxy) is 2. The lowest BCUT2D eigenvalue weighted by Gasteiger charge is -2.32. The Balaban J connectivity index is 1.94. The second-order valence-corrected chi connectivity index (χ2v) is 7.85. The summed E-state index contributed by atoms with van der Waals surface area (Å²) < 4.78 is 39.3. The molecule has 0 aliphatic carbocycles. The molecular formula is C23H29F2N3O4. The maximum absolute atomic E-state index is 14.7. The van der Waals surface area contributed by atoms with Gasteiger partial charge in [-0.1, -0.05) is 13.3 Å². The van der Waals surface area contributed by atoms with Gasteiger partial charge < -0.3 is 19.5 Å².